The Morgan fingerprint density at radius 2 is 1.88 bits per heavy atom. The second-order valence-electron chi connectivity index (χ2n) is 4.35. The summed E-state index contributed by atoms with van der Waals surface area (Å²) >= 11 is 0. The quantitative estimate of drug-likeness (QED) is 0.737. The number of carbonyl (C=O) groups excluding carboxylic acids is 2. The third-order valence-corrected chi connectivity index (χ3v) is 1.63. The van der Waals surface area contributed by atoms with Crippen LogP contribution in [0.2, 0.25) is 0 Å². The molecule has 102 valence electrons. The topological polar surface area (TPSA) is 90.6 Å². The fourth-order valence-corrected chi connectivity index (χ4v) is 0.913. The van der Waals surface area contributed by atoms with Crippen molar-refractivity contribution in [3.05, 3.63) is 0 Å². The first kappa shape index (κ1) is 18.4. The fraction of sp³-hybridized carbons (Fsp3) is 0.800. The minimum atomic E-state index is -0.722. The van der Waals surface area contributed by atoms with Gasteiger partial charge in [-0.3, -0.25) is 4.79 Å². The molecule has 0 unspecified atom stereocenters. The van der Waals surface area contributed by atoms with E-state index in [2.05, 4.69) is 10.1 Å². The molecule has 0 spiro atoms. The third-order valence-electron chi connectivity index (χ3n) is 1.63. The molecular formula is C10H21ClN2O4. The van der Waals surface area contributed by atoms with Gasteiger partial charge in [-0.05, 0) is 27.2 Å². The molecule has 0 saturated carbocycles. The van der Waals surface area contributed by atoms with Crippen LogP contribution in [0.5, 0.6) is 0 Å². The Morgan fingerprint density at radius 1 is 1.35 bits per heavy atom. The van der Waals surface area contributed by atoms with Crippen molar-refractivity contribution in [1.82, 2.24) is 5.32 Å². The Labute approximate surface area is 108 Å². The second-order valence-corrected chi connectivity index (χ2v) is 4.35. The normalized spacial score (nSPS) is 12.1. The van der Waals surface area contributed by atoms with E-state index in [1.807, 2.05) is 0 Å². The first-order valence-corrected chi connectivity index (χ1v) is 5.06. The maximum atomic E-state index is 11.2. The van der Waals surface area contributed by atoms with E-state index in [1.165, 1.54) is 7.11 Å². The molecule has 0 aromatic carbocycles. The van der Waals surface area contributed by atoms with Gasteiger partial charge in [0.1, 0.15) is 11.6 Å². The van der Waals surface area contributed by atoms with E-state index in [9.17, 15) is 9.59 Å². The lowest BCUT2D eigenvalue weighted by atomic mass is 10.2. The monoisotopic (exact) mass is 268 g/mol. The van der Waals surface area contributed by atoms with Crippen LogP contribution in [0.4, 0.5) is 4.79 Å². The van der Waals surface area contributed by atoms with Gasteiger partial charge < -0.3 is 20.5 Å². The van der Waals surface area contributed by atoms with Gasteiger partial charge in [-0.15, -0.1) is 12.4 Å². The van der Waals surface area contributed by atoms with Crippen molar-refractivity contribution in [2.75, 3.05) is 13.7 Å². The number of halogens is 1. The summed E-state index contributed by atoms with van der Waals surface area (Å²) < 4.78 is 9.44. The summed E-state index contributed by atoms with van der Waals surface area (Å²) in [5.41, 5.74) is 4.94. The maximum absolute atomic E-state index is 11.2. The lowest BCUT2D eigenvalue weighted by Gasteiger charge is -2.19. The number of amides is 1. The highest BCUT2D eigenvalue weighted by Gasteiger charge is 2.17. The van der Waals surface area contributed by atoms with Crippen LogP contribution in [0.3, 0.4) is 0 Å². The standard InChI is InChI=1S/C10H20N2O4.ClH/c1-10(2,3)16-9(14)12-6-5-7(11)8(13)15-4;/h7H,5-6,11H2,1-4H3,(H,12,14);1H/t7-;/m0./s1. The number of nitrogens with two attached hydrogens (primary N) is 1. The maximum Gasteiger partial charge on any atom is 0.407 e. The van der Waals surface area contributed by atoms with Crippen LogP contribution in [0.15, 0.2) is 0 Å². The highest BCUT2D eigenvalue weighted by molar-refractivity contribution is 5.85. The number of hydrogen-bond acceptors (Lipinski definition) is 5. The highest BCUT2D eigenvalue weighted by Crippen LogP contribution is 2.06. The molecule has 0 heterocycles. The lowest BCUT2D eigenvalue weighted by molar-refractivity contribution is -0.142. The SMILES string of the molecule is COC(=O)[C@@H](N)CCNC(=O)OC(C)(C)C.Cl. The third kappa shape index (κ3) is 9.89. The molecule has 0 aliphatic rings. The van der Waals surface area contributed by atoms with Gasteiger partial charge in [-0.1, -0.05) is 0 Å². The Balaban J connectivity index is 0. The average molecular weight is 269 g/mol. The summed E-state index contributed by atoms with van der Waals surface area (Å²) in [7, 11) is 1.27. The van der Waals surface area contributed by atoms with Crippen molar-refractivity contribution < 1.29 is 19.1 Å². The van der Waals surface area contributed by atoms with Crippen molar-refractivity contribution in [2.24, 2.45) is 5.73 Å². The van der Waals surface area contributed by atoms with Crippen LogP contribution in [-0.2, 0) is 14.3 Å². The first-order valence-electron chi connectivity index (χ1n) is 5.06. The first-order chi connectivity index (χ1) is 7.26. The molecule has 0 radical (unpaired) electrons. The number of nitrogens with one attached hydrogen (secondary N) is 1. The summed E-state index contributed by atoms with van der Waals surface area (Å²) in [4.78, 5) is 22.1. The molecular weight excluding hydrogens is 248 g/mol. The van der Waals surface area contributed by atoms with Crippen molar-refractivity contribution >= 4 is 24.5 Å². The molecule has 1 atom stereocenters. The molecule has 1 amide bonds. The predicted octanol–water partition coefficient (Wildman–Crippen LogP) is 0.823. The zero-order chi connectivity index (χ0) is 12.8. The average Bonchev–Trinajstić information content (AvgIpc) is 2.13. The van der Waals surface area contributed by atoms with Crippen molar-refractivity contribution in [3.63, 3.8) is 0 Å². The Hall–Kier alpha value is -1.01. The molecule has 6 nitrogen and oxygen atoms in total. The van der Waals surface area contributed by atoms with Gasteiger partial charge >= 0.3 is 12.1 Å². The summed E-state index contributed by atoms with van der Waals surface area (Å²) in [5.74, 6) is -0.494. The Bertz CT molecular complexity index is 253. The van der Waals surface area contributed by atoms with Gasteiger partial charge in [-0.25, -0.2) is 4.79 Å². The molecule has 0 aliphatic carbocycles. The van der Waals surface area contributed by atoms with Crippen LogP contribution in [0, 0.1) is 0 Å². The zero-order valence-corrected chi connectivity index (χ0v) is 11.4. The van der Waals surface area contributed by atoms with E-state index in [4.69, 9.17) is 10.5 Å². The van der Waals surface area contributed by atoms with E-state index >= 15 is 0 Å². The molecule has 0 saturated heterocycles. The van der Waals surface area contributed by atoms with Gasteiger partial charge in [0.2, 0.25) is 0 Å². The lowest BCUT2D eigenvalue weighted by Crippen LogP contribution is -2.38. The molecule has 7 heteroatoms. The Kier molecular flexibility index (Phi) is 8.79. The van der Waals surface area contributed by atoms with Crippen molar-refractivity contribution in [2.45, 2.75) is 38.8 Å². The van der Waals surface area contributed by atoms with Gasteiger partial charge in [0, 0.05) is 6.54 Å². The van der Waals surface area contributed by atoms with Crippen LogP contribution in [0.1, 0.15) is 27.2 Å². The molecule has 3 N–H and O–H groups in total. The van der Waals surface area contributed by atoms with Gasteiger partial charge in [0.15, 0.2) is 0 Å². The number of rotatable bonds is 4. The smallest absolute Gasteiger partial charge is 0.407 e. The van der Waals surface area contributed by atoms with Gasteiger partial charge in [0.05, 0.1) is 7.11 Å². The van der Waals surface area contributed by atoms with E-state index < -0.39 is 23.7 Å². The summed E-state index contributed by atoms with van der Waals surface area (Å²) in [6.07, 6.45) is -0.212. The predicted molar refractivity (Wildman–Crippen MR) is 66.1 cm³/mol. The van der Waals surface area contributed by atoms with Crippen molar-refractivity contribution in [1.29, 1.82) is 0 Å². The molecule has 0 fully saturated rings. The molecule has 0 aromatic heterocycles. The van der Waals surface area contributed by atoms with Crippen LogP contribution < -0.4 is 11.1 Å². The number of hydrogen-bond donors (Lipinski definition) is 2. The van der Waals surface area contributed by atoms with E-state index in [0.29, 0.717) is 6.42 Å². The van der Waals surface area contributed by atoms with Gasteiger partial charge in [-0.2, -0.15) is 0 Å². The molecule has 0 bridgehead atoms. The fourth-order valence-electron chi connectivity index (χ4n) is 0.913. The number of carbonyl (C=O) groups is 2. The van der Waals surface area contributed by atoms with E-state index in [1.54, 1.807) is 20.8 Å². The molecule has 0 aliphatic heterocycles. The van der Waals surface area contributed by atoms with Crippen molar-refractivity contribution in [3.8, 4) is 0 Å². The largest absolute Gasteiger partial charge is 0.468 e. The summed E-state index contributed by atoms with van der Waals surface area (Å²) in [5, 5.41) is 2.50. The summed E-state index contributed by atoms with van der Waals surface area (Å²) in [6.45, 7) is 5.58. The van der Waals surface area contributed by atoms with Crippen LogP contribution in [-0.4, -0.2) is 37.4 Å². The number of esters is 1. The van der Waals surface area contributed by atoms with E-state index in [0.717, 1.165) is 0 Å². The summed E-state index contributed by atoms with van der Waals surface area (Å²) in [6, 6.07) is -0.722. The minimum Gasteiger partial charge on any atom is -0.468 e. The molecule has 0 rings (SSSR count). The number of ether oxygens (including phenoxy) is 2. The zero-order valence-electron chi connectivity index (χ0n) is 10.6. The van der Waals surface area contributed by atoms with Crippen LogP contribution >= 0.6 is 12.4 Å². The molecule has 0 aromatic rings. The Morgan fingerprint density at radius 3 is 2.29 bits per heavy atom. The second kappa shape index (κ2) is 8.14. The van der Waals surface area contributed by atoms with Gasteiger partial charge in [0.25, 0.3) is 0 Å². The van der Waals surface area contributed by atoms with Crippen LogP contribution in [0.25, 0.3) is 0 Å². The minimum absolute atomic E-state index is 0. The number of alkyl carbamates (subject to hydrolysis) is 1. The molecule has 17 heavy (non-hydrogen) atoms. The van der Waals surface area contributed by atoms with E-state index in [-0.39, 0.29) is 19.0 Å². The number of methoxy groups -OCH3 is 1. The highest BCUT2D eigenvalue weighted by atomic mass is 35.5.